The van der Waals surface area contributed by atoms with Crippen LogP contribution < -0.4 is 10.2 Å². The van der Waals surface area contributed by atoms with E-state index in [1.54, 1.807) is 10.9 Å². The molecule has 0 saturated heterocycles. The molecule has 2 heterocycles. The van der Waals surface area contributed by atoms with Crippen molar-refractivity contribution in [2.24, 2.45) is 7.05 Å². The van der Waals surface area contributed by atoms with E-state index in [0.29, 0.717) is 5.82 Å². The van der Waals surface area contributed by atoms with Crippen molar-refractivity contribution in [3.05, 3.63) is 35.3 Å². The van der Waals surface area contributed by atoms with E-state index in [2.05, 4.69) is 15.4 Å². The smallest absolute Gasteiger partial charge is 0.232 e. The lowest BCUT2D eigenvalue weighted by Gasteiger charge is -2.14. The van der Waals surface area contributed by atoms with Crippen molar-refractivity contribution in [3.63, 3.8) is 0 Å². The zero-order valence-electron chi connectivity index (χ0n) is 14.0. The normalized spacial score (nSPS) is 12.1. The Balaban J connectivity index is 2.14. The lowest BCUT2D eigenvalue weighted by atomic mass is 9.98. The monoisotopic (exact) mass is 301 g/mol. The highest BCUT2D eigenvalue weighted by atomic mass is 16.1. The van der Waals surface area contributed by atoms with Crippen molar-refractivity contribution in [3.8, 4) is 0 Å². The van der Waals surface area contributed by atoms with E-state index in [4.69, 9.17) is 0 Å². The van der Waals surface area contributed by atoms with E-state index in [1.807, 2.05) is 58.9 Å². The van der Waals surface area contributed by atoms with Crippen LogP contribution in [0.15, 0.2) is 18.3 Å². The predicted octanol–water partition coefficient (Wildman–Crippen LogP) is 2.24. The summed E-state index contributed by atoms with van der Waals surface area (Å²) in [5.74, 6) is 0.204. The van der Waals surface area contributed by atoms with Crippen LogP contribution in [0.2, 0.25) is 0 Å². The number of aromatic nitrogens is 3. The summed E-state index contributed by atoms with van der Waals surface area (Å²) in [6.07, 6.45) is 1.74. The molecule has 2 rings (SSSR count). The van der Waals surface area contributed by atoms with E-state index in [-0.39, 0.29) is 11.8 Å². The number of amides is 1. The fourth-order valence-corrected chi connectivity index (χ4v) is 2.51. The molecule has 0 aliphatic rings. The molecule has 22 heavy (non-hydrogen) atoms. The summed E-state index contributed by atoms with van der Waals surface area (Å²) in [6.45, 7) is 5.79. The van der Waals surface area contributed by atoms with Gasteiger partial charge in [0.05, 0.1) is 23.5 Å². The van der Waals surface area contributed by atoms with Crippen molar-refractivity contribution in [2.45, 2.75) is 26.7 Å². The number of rotatable bonds is 4. The second-order valence-corrected chi connectivity index (χ2v) is 5.72. The third-order valence-corrected chi connectivity index (χ3v) is 3.91. The number of nitrogens with one attached hydrogen (secondary N) is 1. The Bertz CT molecular complexity index is 673. The number of aryl methyl sites for hydroxylation is 2. The number of nitrogens with zero attached hydrogens (tertiary/aromatic N) is 4. The topological polar surface area (TPSA) is 63.1 Å². The van der Waals surface area contributed by atoms with Crippen LogP contribution in [-0.2, 0) is 11.8 Å². The Kier molecular flexibility index (Phi) is 4.49. The van der Waals surface area contributed by atoms with E-state index in [9.17, 15) is 4.79 Å². The van der Waals surface area contributed by atoms with E-state index < -0.39 is 0 Å². The fourth-order valence-electron chi connectivity index (χ4n) is 2.51. The molecular formula is C16H23N5O. The minimum absolute atomic E-state index is 0.0793. The Hall–Kier alpha value is -2.37. The number of carbonyl (C=O) groups excluding carboxylic acids is 1. The number of hydrogen-bond acceptors (Lipinski definition) is 4. The Morgan fingerprint density at radius 1 is 1.32 bits per heavy atom. The Morgan fingerprint density at radius 2 is 2.00 bits per heavy atom. The summed E-state index contributed by atoms with van der Waals surface area (Å²) in [4.78, 5) is 18.7. The first-order valence-electron chi connectivity index (χ1n) is 7.25. The van der Waals surface area contributed by atoms with Crippen LogP contribution >= 0.6 is 0 Å². The van der Waals surface area contributed by atoms with Crippen molar-refractivity contribution in [1.82, 2.24) is 14.8 Å². The Morgan fingerprint density at radius 3 is 2.45 bits per heavy atom. The van der Waals surface area contributed by atoms with Crippen LogP contribution in [0, 0.1) is 13.8 Å². The third kappa shape index (κ3) is 3.10. The van der Waals surface area contributed by atoms with Gasteiger partial charge in [0.15, 0.2) is 0 Å². The molecule has 2 aromatic rings. The van der Waals surface area contributed by atoms with Crippen molar-refractivity contribution < 1.29 is 4.79 Å². The second kappa shape index (κ2) is 6.17. The minimum atomic E-state index is -0.274. The standard InChI is InChI=1S/C16H23N5O/c1-10(15-11(2)19-21(6)12(15)3)16(22)18-14-8-7-13(9-17-14)20(4)5/h7-10H,1-6H3,(H,17,18,22)/t10-/m0/s1. The molecule has 0 aromatic carbocycles. The van der Waals surface area contributed by atoms with Gasteiger partial charge in [0.25, 0.3) is 0 Å². The maximum atomic E-state index is 12.4. The number of pyridine rings is 1. The summed E-state index contributed by atoms with van der Waals surface area (Å²) >= 11 is 0. The molecule has 0 unspecified atom stereocenters. The van der Waals surface area contributed by atoms with Gasteiger partial charge in [-0.05, 0) is 32.9 Å². The van der Waals surface area contributed by atoms with E-state index >= 15 is 0 Å². The van der Waals surface area contributed by atoms with Crippen molar-refractivity contribution >= 4 is 17.4 Å². The molecule has 1 amide bonds. The maximum Gasteiger partial charge on any atom is 0.232 e. The molecule has 6 heteroatoms. The molecule has 118 valence electrons. The molecular weight excluding hydrogens is 278 g/mol. The molecule has 2 aromatic heterocycles. The molecule has 0 aliphatic carbocycles. The van der Waals surface area contributed by atoms with Gasteiger partial charge >= 0.3 is 0 Å². The van der Waals surface area contributed by atoms with Gasteiger partial charge in [-0.2, -0.15) is 5.10 Å². The van der Waals surface area contributed by atoms with Crippen LogP contribution in [0.3, 0.4) is 0 Å². The van der Waals surface area contributed by atoms with Crippen LogP contribution in [0.4, 0.5) is 11.5 Å². The van der Waals surface area contributed by atoms with Gasteiger partial charge < -0.3 is 10.2 Å². The first kappa shape index (κ1) is 16.0. The van der Waals surface area contributed by atoms with Gasteiger partial charge in [-0.15, -0.1) is 0 Å². The summed E-state index contributed by atoms with van der Waals surface area (Å²) < 4.78 is 1.80. The number of carbonyl (C=O) groups is 1. The zero-order chi connectivity index (χ0) is 16.4. The predicted molar refractivity (Wildman–Crippen MR) is 88.3 cm³/mol. The highest BCUT2D eigenvalue weighted by Gasteiger charge is 2.22. The second-order valence-electron chi connectivity index (χ2n) is 5.72. The van der Waals surface area contributed by atoms with E-state index in [0.717, 1.165) is 22.6 Å². The van der Waals surface area contributed by atoms with Gasteiger partial charge in [-0.25, -0.2) is 4.98 Å². The highest BCUT2D eigenvalue weighted by Crippen LogP contribution is 2.24. The summed E-state index contributed by atoms with van der Waals surface area (Å²) in [7, 11) is 5.79. The average Bonchev–Trinajstić information content (AvgIpc) is 2.72. The van der Waals surface area contributed by atoms with E-state index in [1.165, 1.54) is 0 Å². The lowest BCUT2D eigenvalue weighted by molar-refractivity contribution is -0.117. The van der Waals surface area contributed by atoms with Crippen molar-refractivity contribution in [1.29, 1.82) is 0 Å². The molecule has 6 nitrogen and oxygen atoms in total. The molecule has 0 spiro atoms. The molecule has 1 atom stereocenters. The molecule has 1 N–H and O–H groups in total. The SMILES string of the molecule is Cc1nn(C)c(C)c1[C@H](C)C(=O)Nc1ccc(N(C)C)cn1. The Labute approximate surface area is 131 Å². The van der Waals surface area contributed by atoms with Crippen LogP contribution in [0.25, 0.3) is 0 Å². The molecule has 0 bridgehead atoms. The first-order chi connectivity index (χ1) is 10.3. The molecule has 0 aliphatic heterocycles. The third-order valence-electron chi connectivity index (χ3n) is 3.91. The average molecular weight is 301 g/mol. The highest BCUT2D eigenvalue weighted by molar-refractivity contribution is 5.95. The quantitative estimate of drug-likeness (QED) is 0.940. The molecule has 0 saturated carbocycles. The zero-order valence-corrected chi connectivity index (χ0v) is 14.0. The van der Waals surface area contributed by atoms with Gasteiger partial charge in [-0.3, -0.25) is 9.48 Å². The van der Waals surface area contributed by atoms with Gasteiger partial charge in [0.1, 0.15) is 5.82 Å². The first-order valence-corrected chi connectivity index (χ1v) is 7.25. The largest absolute Gasteiger partial charge is 0.376 e. The number of anilines is 2. The van der Waals surface area contributed by atoms with Crippen LogP contribution in [-0.4, -0.2) is 34.8 Å². The van der Waals surface area contributed by atoms with Gasteiger partial charge in [-0.1, -0.05) is 0 Å². The summed E-state index contributed by atoms with van der Waals surface area (Å²) in [6, 6.07) is 3.73. The van der Waals surface area contributed by atoms with Gasteiger partial charge in [0.2, 0.25) is 5.91 Å². The summed E-state index contributed by atoms with van der Waals surface area (Å²) in [5.41, 5.74) is 3.87. The summed E-state index contributed by atoms with van der Waals surface area (Å²) in [5, 5.41) is 7.23. The van der Waals surface area contributed by atoms with Gasteiger partial charge in [0, 0.05) is 32.4 Å². The number of hydrogen-bond donors (Lipinski definition) is 1. The molecule has 0 fully saturated rings. The fraction of sp³-hybridized carbons (Fsp3) is 0.438. The van der Waals surface area contributed by atoms with Crippen molar-refractivity contribution in [2.75, 3.05) is 24.3 Å². The maximum absolute atomic E-state index is 12.4. The van der Waals surface area contributed by atoms with Crippen LogP contribution in [0.5, 0.6) is 0 Å². The van der Waals surface area contributed by atoms with Crippen LogP contribution in [0.1, 0.15) is 29.8 Å². The minimum Gasteiger partial charge on any atom is -0.376 e. The lowest BCUT2D eigenvalue weighted by Crippen LogP contribution is -2.20. The molecule has 0 radical (unpaired) electrons.